The molecular formula is C25H22F3N5O3. The number of carbonyl (C=O) groups excluding carboxylic acids is 2. The van der Waals surface area contributed by atoms with E-state index >= 15 is 0 Å². The first-order valence-electron chi connectivity index (χ1n) is 11.3. The van der Waals surface area contributed by atoms with Crippen molar-refractivity contribution in [1.29, 1.82) is 0 Å². The lowest BCUT2D eigenvalue weighted by Crippen LogP contribution is -2.50. The van der Waals surface area contributed by atoms with Gasteiger partial charge in [0.25, 0.3) is 11.8 Å². The van der Waals surface area contributed by atoms with Gasteiger partial charge < -0.3 is 20.2 Å². The van der Waals surface area contributed by atoms with E-state index in [1.54, 1.807) is 21.9 Å². The summed E-state index contributed by atoms with van der Waals surface area (Å²) in [5, 5.41) is 18.8. The molecule has 2 aliphatic rings. The molecule has 1 aliphatic heterocycles. The van der Waals surface area contributed by atoms with E-state index in [4.69, 9.17) is 0 Å². The van der Waals surface area contributed by atoms with Crippen LogP contribution < -0.4 is 5.32 Å². The minimum atomic E-state index is -3.18. The normalized spacial score (nSPS) is 16.5. The number of carbonyl (C=O) groups is 2. The Kier molecular flexibility index (Phi) is 5.91. The summed E-state index contributed by atoms with van der Waals surface area (Å²) in [6.45, 7) is 0.896. The molecule has 2 aromatic carbocycles. The lowest BCUT2D eigenvalue weighted by Gasteiger charge is -2.37. The molecule has 5 rings (SSSR count). The predicted molar refractivity (Wildman–Crippen MR) is 124 cm³/mol. The van der Waals surface area contributed by atoms with E-state index in [0.717, 1.165) is 24.3 Å². The SMILES string of the molecule is O=C(NCC(=O)N1CCN(C2=CC(F)(F)c3ccc(F)cc32)CC1)c1cc(-c2cccc(O)c2)n[nH]1. The fourth-order valence-electron chi connectivity index (χ4n) is 4.42. The third-order valence-corrected chi connectivity index (χ3v) is 6.27. The van der Waals surface area contributed by atoms with Crippen LogP contribution in [0.1, 0.15) is 21.6 Å². The number of aromatic hydroxyl groups is 1. The summed E-state index contributed by atoms with van der Waals surface area (Å²) >= 11 is 0. The molecule has 0 radical (unpaired) electrons. The largest absolute Gasteiger partial charge is 0.508 e. The van der Waals surface area contributed by atoms with Crippen LogP contribution >= 0.6 is 0 Å². The van der Waals surface area contributed by atoms with Gasteiger partial charge >= 0.3 is 0 Å². The molecule has 0 atom stereocenters. The molecule has 8 nitrogen and oxygen atoms in total. The smallest absolute Gasteiger partial charge is 0.294 e. The highest BCUT2D eigenvalue weighted by molar-refractivity contribution is 5.95. The molecule has 1 fully saturated rings. The maximum Gasteiger partial charge on any atom is 0.294 e. The van der Waals surface area contributed by atoms with Gasteiger partial charge in [0, 0.05) is 54.6 Å². The number of hydrogen-bond acceptors (Lipinski definition) is 5. The molecule has 0 unspecified atom stereocenters. The number of H-pyrrole nitrogens is 1. The first kappa shape index (κ1) is 23.5. The number of nitrogens with one attached hydrogen (secondary N) is 2. The minimum Gasteiger partial charge on any atom is -0.508 e. The van der Waals surface area contributed by atoms with Gasteiger partial charge in [-0.15, -0.1) is 0 Å². The number of fused-ring (bicyclic) bond motifs is 1. The molecule has 0 bridgehead atoms. The summed E-state index contributed by atoms with van der Waals surface area (Å²) in [6, 6.07) is 11.2. The average Bonchev–Trinajstić information content (AvgIpc) is 3.45. The number of alkyl halides is 2. The molecule has 2 heterocycles. The van der Waals surface area contributed by atoms with Gasteiger partial charge in [-0.3, -0.25) is 14.7 Å². The van der Waals surface area contributed by atoms with Crippen molar-refractivity contribution in [2.75, 3.05) is 32.7 Å². The zero-order valence-corrected chi connectivity index (χ0v) is 19.0. The number of rotatable bonds is 5. The summed E-state index contributed by atoms with van der Waals surface area (Å²) in [6.07, 6.45) is 0.838. The molecule has 11 heteroatoms. The van der Waals surface area contributed by atoms with Gasteiger partial charge in [0.2, 0.25) is 5.91 Å². The number of phenolic OH excluding ortho intramolecular Hbond substituents is 1. The van der Waals surface area contributed by atoms with Gasteiger partial charge in [-0.2, -0.15) is 13.9 Å². The number of benzene rings is 2. The second kappa shape index (κ2) is 9.06. The standard InChI is InChI=1S/C25H22F3N5O3/c26-16-4-5-19-18(11-16)22(13-25(19,27)28)32-6-8-33(9-7-32)23(35)14-29-24(36)21-12-20(30-31-21)15-2-1-3-17(34)10-15/h1-5,10-13,34H,6-9,14H2,(H,29,36)(H,30,31). The topological polar surface area (TPSA) is 102 Å². The fourth-order valence-corrected chi connectivity index (χ4v) is 4.42. The number of allylic oxidation sites excluding steroid dienone is 1. The zero-order valence-electron chi connectivity index (χ0n) is 19.0. The van der Waals surface area contributed by atoms with E-state index in [-0.39, 0.29) is 53.8 Å². The van der Waals surface area contributed by atoms with Crippen molar-refractivity contribution >= 4 is 17.5 Å². The van der Waals surface area contributed by atoms with Gasteiger partial charge in [0.05, 0.1) is 12.2 Å². The summed E-state index contributed by atoms with van der Waals surface area (Å²) in [4.78, 5) is 28.3. The van der Waals surface area contributed by atoms with Crippen LogP contribution in [0, 0.1) is 5.82 Å². The van der Waals surface area contributed by atoms with Crippen LogP contribution in [0.3, 0.4) is 0 Å². The quantitative estimate of drug-likeness (QED) is 0.503. The van der Waals surface area contributed by atoms with Crippen LogP contribution in [0.4, 0.5) is 13.2 Å². The Labute approximate surface area is 204 Å². The van der Waals surface area contributed by atoms with Crippen molar-refractivity contribution < 1.29 is 27.9 Å². The van der Waals surface area contributed by atoms with Crippen molar-refractivity contribution in [1.82, 2.24) is 25.3 Å². The molecule has 1 saturated heterocycles. The highest BCUT2D eigenvalue weighted by atomic mass is 19.3. The Balaban J connectivity index is 1.15. The van der Waals surface area contributed by atoms with Gasteiger partial charge in [-0.05, 0) is 36.4 Å². The van der Waals surface area contributed by atoms with E-state index in [2.05, 4.69) is 15.5 Å². The lowest BCUT2D eigenvalue weighted by atomic mass is 10.1. The third-order valence-electron chi connectivity index (χ3n) is 6.27. The number of halogens is 3. The molecule has 1 aromatic heterocycles. The summed E-state index contributed by atoms with van der Waals surface area (Å²) in [5.74, 6) is -4.52. The van der Waals surface area contributed by atoms with Gasteiger partial charge in [0.15, 0.2) is 0 Å². The van der Waals surface area contributed by atoms with Crippen LogP contribution in [-0.2, 0) is 10.7 Å². The monoisotopic (exact) mass is 497 g/mol. The fraction of sp³-hybridized carbons (Fsp3) is 0.240. The van der Waals surface area contributed by atoms with Crippen molar-refractivity contribution in [3.8, 4) is 17.0 Å². The number of aromatic amines is 1. The molecule has 0 saturated carbocycles. The molecule has 0 spiro atoms. The zero-order chi connectivity index (χ0) is 25.4. The maximum atomic E-state index is 14.4. The third kappa shape index (κ3) is 4.51. The predicted octanol–water partition coefficient (Wildman–Crippen LogP) is 2.94. The highest BCUT2D eigenvalue weighted by Crippen LogP contribution is 2.44. The first-order chi connectivity index (χ1) is 17.2. The van der Waals surface area contributed by atoms with Crippen LogP contribution in [0.2, 0.25) is 0 Å². The van der Waals surface area contributed by atoms with E-state index in [1.807, 2.05) is 0 Å². The van der Waals surface area contributed by atoms with E-state index in [1.165, 1.54) is 18.2 Å². The van der Waals surface area contributed by atoms with Gasteiger partial charge in [-0.25, -0.2) is 4.39 Å². The lowest BCUT2D eigenvalue weighted by molar-refractivity contribution is -0.131. The highest BCUT2D eigenvalue weighted by Gasteiger charge is 2.41. The van der Waals surface area contributed by atoms with Crippen molar-refractivity contribution in [3.63, 3.8) is 0 Å². The molecule has 3 aromatic rings. The second-order valence-electron chi connectivity index (χ2n) is 8.61. The van der Waals surface area contributed by atoms with Crippen LogP contribution in [0.5, 0.6) is 5.75 Å². The van der Waals surface area contributed by atoms with Gasteiger partial charge in [0.1, 0.15) is 17.3 Å². The molecular weight excluding hydrogens is 475 g/mol. The molecule has 186 valence electrons. The Hall–Kier alpha value is -4.28. The summed E-state index contributed by atoms with van der Waals surface area (Å²) < 4.78 is 42.4. The van der Waals surface area contributed by atoms with E-state index in [0.29, 0.717) is 24.3 Å². The van der Waals surface area contributed by atoms with Crippen molar-refractivity contribution in [2.24, 2.45) is 0 Å². The summed E-state index contributed by atoms with van der Waals surface area (Å²) in [7, 11) is 0. The number of piperazine rings is 1. The Morgan fingerprint density at radius 2 is 1.86 bits per heavy atom. The van der Waals surface area contributed by atoms with Crippen LogP contribution in [0.25, 0.3) is 17.0 Å². The van der Waals surface area contributed by atoms with Crippen molar-refractivity contribution in [2.45, 2.75) is 5.92 Å². The van der Waals surface area contributed by atoms with Crippen LogP contribution in [0.15, 0.2) is 54.6 Å². The number of hydrogen-bond donors (Lipinski definition) is 3. The van der Waals surface area contributed by atoms with E-state index in [9.17, 15) is 27.9 Å². The minimum absolute atomic E-state index is 0.0708. The second-order valence-corrected chi connectivity index (χ2v) is 8.61. The van der Waals surface area contributed by atoms with Gasteiger partial charge in [-0.1, -0.05) is 12.1 Å². The number of nitrogens with zero attached hydrogens (tertiary/aromatic N) is 3. The number of amides is 2. The Morgan fingerprint density at radius 1 is 1.08 bits per heavy atom. The maximum absolute atomic E-state index is 14.4. The number of aromatic nitrogens is 2. The average molecular weight is 497 g/mol. The van der Waals surface area contributed by atoms with Crippen molar-refractivity contribution in [3.05, 3.63) is 77.2 Å². The molecule has 2 amide bonds. The van der Waals surface area contributed by atoms with E-state index < -0.39 is 17.6 Å². The Bertz CT molecular complexity index is 1360. The molecule has 1 aliphatic carbocycles. The van der Waals surface area contributed by atoms with Crippen LogP contribution in [-0.4, -0.2) is 69.6 Å². The first-order valence-corrected chi connectivity index (χ1v) is 11.3. The Morgan fingerprint density at radius 3 is 2.61 bits per heavy atom. The molecule has 3 N–H and O–H groups in total. The summed E-state index contributed by atoms with van der Waals surface area (Å²) in [5.41, 5.74) is 1.44. The molecule has 36 heavy (non-hydrogen) atoms. The number of phenols is 1.